The lowest BCUT2D eigenvalue weighted by molar-refractivity contribution is 0.225. The SMILES string of the molecule is CCCCc1ccc(C(C)N2CCCNCC2)cc1. The van der Waals surface area contributed by atoms with Crippen LogP contribution in [0.2, 0.25) is 0 Å². The van der Waals surface area contributed by atoms with Gasteiger partial charge in [0.25, 0.3) is 0 Å². The Morgan fingerprint density at radius 1 is 1.16 bits per heavy atom. The fraction of sp³-hybridized carbons (Fsp3) is 0.647. The third kappa shape index (κ3) is 4.32. The minimum absolute atomic E-state index is 0.542. The molecule has 0 amide bonds. The fourth-order valence-corrected chi connectivity index (χ4v) is 2.81. The van der Waals surface area contributed by atoms with Gasteiger partial charge in [0.05, 0.1) is 0 Å². The van der Waals surface area contributed by atoms with Gasteiger partial charge < -0.3 is 5.32 Å². The quantitative estimate of drug-likeness (QED) is 0.873. The molecule has 1 heterocycles. The molecule has 0 spiro atoms. The lowest BCUT2D eigenvalue weighted by Gasteiger charge is -2.27. The number of hydrogen-bond donors (Lipinski definition) is 1. The fourth-order valence-electron chi connectivity index (χ4n) is 2.81. The summed E-state index contributed by atoms with van der Waals surface area (Å²) in [5.41, 5.74) is 2.94. The van der Waals surface area contributed by atoms with Crippen molar-refractivity contribution in [2.75, 3.05) is 26.2 Å². The molecule has 0 bridgehead atoms. The van der Waals surface area contributed by atoms with E-state index in [0.717, 1.165) is 6.54 Å². The van der Waals surface area contributed by atoms with Crippen molar-refractivity contribution < 1.29 is 0 Å². The average molecular weight is 260 g/mol. The minimum Gasteiger partial charge on any atom is -0.315 e. The third-order valence-corrected chi connectivity index (χ3v) is 4.20. The Balaban J connectivity index is 1.95. The van der Waals surface area contributed by atoms with Crippen molar-refractivity contribution in [3.05, 3.63) is 35.4 Å². The van der Waals surface area contributed by atoms with Gasteiger partial charge >= 0.3 is 0 Å². The lowest BCUT2D eigenvalue weighted by Crippen LogP contribution is -2.30. The van der Waals surface area contributed by atoms with Crippen LogP contribution in [0.4, 0.5) is 0 Å². The Morgan fingerprint density at radius 3 is 2.68 bits per heavy atom. The van der Waals surface area contributed by atoms with Crippen LogP contribution in [0.25, 0.3) is 0 Å². The van der Waals surface area contributed by atoms with Crippen LogP contribution in [0, 0.1) is 0 Å². The number of nitrogens with one attached hydrogen (secondary N) is 1. The van der Waals surface area contributed by atoms with Gasteiger partial charge in [-0.15, -0.1) is 0 Å². The zero-order chi connectivity index (χ0) is 13.5. The molecule has 0 saturated carbocycles. The maximum atomic E-state index is 3.47. The first kappa shape index (κ1) is 14.5. The Morgan fingerprint density at radius 2 is 1.95 bits per heavy atom. The highest BCUT2D eigenvalue weighted by Gasteiger charge is 2.16. The summed E-state index contributed by atoms with van der Waals surface area (Å²) in [5.74, 6) is 0. The molecule has 1 aliphatic rings. The highest BCUT2D eigenvalue weighted by atomic mass is 15.2. The van der Waals surface area contributed by atoms with E-state index in [1.807, 2.05) is 0 Å². The molecule has 0 radical (unpaired) electrons. The lowest BCUT2D eigenvalue weighted by atomic mass is 10.0. The average Bonchev–Trinajstić information content (AvgIpc) is 2.74. The summed E-state index contributed by atoms with van der Waals surface area (Å²) in [6.07, 6.45) is 5.06. The molecule has 0 aromatic heterocycles. The highest BCUT2D eigenvalue weighted by Crippen LogP contribution is 2.21. The maximum Gasteiger partial charge on any atom is 0.0320 e. The number of hydrogen-bond acceptors (Lipinski definition) is 2. The molecular formula is C17H28N2. The first-order valence-electron chi connectivity index (χ1n) is 7.85. The largest absolute Gasteiger partial charge is 0.315 e. The molecule has 1 saturated heterocycles. The smallest absolute Gasteiger partial charge is 0.0320 e. The van der Waals surface area contributed by atoms with Crippen molar-refractivity contribution in [2.45, 2.75) is 45.6 Å². The van der Waals surface area contributed by atoms with Gasteiger partial charge in [-0.1, -0.05) is 37.6 Å². The van der Waals surface area contributed by atoms with Crippen molar-refractivity contribution in [2.24, 2.45) is 0 Å². The van der Waals surface area contributed by atoms with Crippen LogP contribution in [0.1, 0.15) is 50.3 Å². The number of rotatable bonds is 5. The molecule has 2 heteroatoms. The van der Waals surface area contributed by atoms with E-state index in [-0.39, 0.29) is 0 Å². The Hall–Kier alpha value is -0.860. The Labute approximate surface area is 118 Å². The first-order chi connectivity index (χ1) is 9.31. The molecule has 1 atom stereocenters. The number of benzene rings is 1. The molecule has 1 aromatic carbocycles. The summed E-state index contributed by atoms with van der Waals surface area (Å²) < 4.78 is 0. The number of nitrogens with zero attached hydrogens (tertiary/aromatic N) is 1. The van der Waals surface area contributed by atoms with Crippen molar-refractivity contribution in [1.82, 2.24) is 10.2 Å². The van der Waals surface area contributed by atoms with Crippen molar-refractivity contribution in [3.63, 3.8) is 0 Å². The maximum absolute atomic E-state index is 3.47. The summed E-state index contributed by atoms with van der Waals surface area (Å²) in [6, 6.07) is 9.83. The van der Waals surface area contributed by atoms with Crippen LogP contribution in [0.3, 0.4) is 0 Å². The van der Waals surface area contributed by atoms with E-state index in [1.54, 1.807) is 0 Å². The zero-order valence-corrected chi connectivity index (χ0v) is 12.5. The molecule has 1 N–H and O–H groups in total. The Kier molecular flexibility index (Phi) is 5.87. The van der Waals surface area contributed by atoms with Crippen LogP contribution >= 0.6 is 0 Å². The second-order valence-corrected chi connectivity index (χ2v) is 5.66. The molecule has 1 unspecified atom stereocenters. The van der Waals surface area contributed by atoms with Gasteiger partial charge in [-0.3, -0.25) is 4.90 Å². The molecule has 19 heavy (non-hydrogen) atoms. The number of unbranched alkanes of at least 4 members (excludes halogenated alkanes) is 1. The zero-order valence-electron chi connectivity index (χ0n) is 12.5. The van der Waals surface area contributed by atoms with E-state index in [9.17, 15) is 0 Å². The summed E-state index contributed by atoms with van der Waals surface area (Å²) in [7, 11) is 0. The van der Waals surface area contributed by atoms with Gasteiger partial charge in [0.2, 0.25) is 0 Å². The van der Waals surface area contributed by atoms with Crippen LogP contribution in [-0.4, -0.2) is 31.1 Å². The van der Waals surface area contributed by atoms with Gasteiger partial charge in [-0.05, 0) is 50.4 Å². The topological polar surface area (TPSA) is 15.3 Å². The van der Waals surface area contributed by atoms with Gasteiger partial charge in [-0.25, -0.2) is 0 Å². The predicted octanol–water partition coefficient (Wildman–Crippen LogP) is 3.39. The summed E-state index contributed by atoms with van der Waals surface area (Å²) >= 11 is 0. The van der Waals surface area contributed by atoms with Gasteiger partial charge in [-0.2, -0.15) is 0 Å². The van der Waals surface area contributed by atoms with E-state index in [4.69, 9.17) is 0 Å². The molecule has 106 valence electrons. The predicted molar refractivity (Wildman–Crippen MR) is 82.5 cm³/mol. The molecular weight excluding hydrogens is 232 g/mol. The van der Waals surface area contributed by atoms with E-state index >= 15 is 0 Å². The second-order valence-electron chi connectivity index (χ2n) is 5.66. The summed E-state index contributed by atoms with van der Waals surface area (Å²) in [4.78, 5) is 2.60. The summed E-state index contributed by atoms with van der Waals surface area (Å²) in [5, 5.41) is 3.47. The monoisotopic (exact) mass is 260 g/mol. The molecule has 0 aliphatic carbocycles. The molecule has 2 rings (SSSR count). The van der Waals surface area contributed by atoms with Crippen molar-refractivity contribution in [3.8, 4) is 0 Å². The van der Waals surface area contributed by atoms with Crippen molar-refractivity contribution in [1.29, 1.82) is 0 Å². The molecule has 1 aromatic rings. The Bertz CT molecular complexity index is 350. The molecule has 1 aliphatic heterocycles. The normalized spacial score (nSPS) is 19.1. The summed E-state index contributed by atoms with van der Waals surface area (Å²) in [6.45, 7) is 9.26. The number of aryl methyl sites for hydroxylation is 1. The minimum atomic E-state index is 0.542. The van der Waals surface area contributed by atoms with Crippen LogP contribution < -0.4 is 5.32 Å². The third-order valence-electron chi connectivity index (χ3n) is 4.20. The standard InChI is InChI=1S/C17H28N2/c1-3-4-6-16-7-9-17(10-8-16)15(2)19-13-5-11-18-12-14-19/h7-10,15,18H,3-6,11-14H2,1-2H3. The second kappa shape index (κ2) is 7.66. The van der Waals surface area contributed by atoms with E-state index in [2.05, 4.69) is 48.3 Å². The van der Waals surface area contributed by atoms with Crippen LogP contribution in [0.15, 0.2) is 24.3 Å². The molecule has 1 fully saturated rings. The van der Waals surface area contributed by atoms with Gasteiger partial charge in [0, 0.05) is 19.1 Å². The van der Waals surface area contributed by atoms with Crippen LogP contribution in [0.5, 0.6) is 0 Å². The first-order valence-corrected chi connectivity index (χ1v) is 7.85. The van der Waals surface area contributed by atoms with Crippen LogP contribution in [-0.2, 0) is 6.42 Å². The van der Waals surface area contributed by atoms with Gasteiger partial charge in [0.15, 0.2) is 0 Å². The highest BCUT2D eigenvalue weighted by molar-refractivity contribution is 5.25. The van der Waals surface area contributed by atoms with Crippen molar-refractivity contribution >= 4 is 0 Å². The van der Waals surface area contributed by atoms with Gasteiger partial charge in [0.1, 0.15) is 0 Å². The van der Waals surface area contributed by atoms with E-state index in [0.29, 0.717) is 6.04 Å². The molecule has 2 nitrogen and oxygen atoms in total. The van der Waals surface area contributed by atoms with E-state index in [1.165, 1.54) is 56.4 Å². The van der Waals surface area contributed by atoms with E-state index < -0.39 is 0 Å².